The van der Waals surface area contributed by atoms with Crippen molar-refractivity contribution in [2.45, 2.75) is 38.0 Å². The van der Waals surface area contributed by atoms with Gasteiger partial charge in [-0.1, -0.05) is 26.0 Å². The minimum Gasteiger partial charge on any atom is -0.462 e. The Morgan fingerprint density at radius 2 is 1.64 bits per heavy atom. The van der Waals surface area contributed by atoms with E-state index >= 15 is 0 Å². The molecule has 1 N–H and O–H groups in total. The number of hydrogen-bond donors (Lipinski definition) is 1. The topological polar surface area (TPSA) is 72.5 Å². The summed E-state index contributed by atoms with van der Waals surface area (Å²) < 4.78 is 32.3. The average molecular weight is 361 g/mol. The molecule has 2 rings (SSSR count). The fourth-order valence-electron chi connectivity index (χ4n) is 2.31. The summed E-state index contributed by atoms with van der Waals surface area (Å²) in [5.41, 5.74) is 1.99. The first-order valence-corrected chi connectivity index (χ1v) is 9.75. The van der Waals surface area contributed by atoms with E-state index in [1.165, 1.54) is 29.8 Å². The van der Waals surface area contributed by atoms with Crippen molar-refractivity contribution in [3.05, 3.63) is 59.7 Å². The van der Waals surface area contributed by atoms with Crippen LogP contribution in [0.3, 0.4) is 0 Å². The lowest BCUT2D eigenvalue weighted by Gasteiger charge is -2.12. The summed E-state index contributed by atoms with van der Waals surface area (Å²) in [4.78, 5) is 11.7. The van der Waals surface area contributed by atoms with E-state index in [0.717, 1.165) is 6.42 Å². The third kappa shape index (κ3) is 4.82. The van der Waals surface area contributed by atoms with Crippen molar-refractivity contribution >= 4 is 21.7 Å². The van der Waals surface area contributed by atoms with E-state index in [4.69, 9.17) is 4.74 Å². The van der Waals surface area contributed by atoms with Gasteiger partial charge in [0.15, 0.2) is 0 Å². The van der Waals surface area contributed by atoms with Gasteiger partial charge in [0.1, 0.15) is 0 Å². The summed E-state index contributed by atoms with van der Waals surface area (Å²) in [7, 11) is -3.71. The molecule has 0 amide bonds. The highest BCUT2D eigenvalue weighted by molar-refractivity contribution is 7.92. The van der Waals surface area contributed by atoms with E-state index in [0.29, 0.717) is 17.2 Å². The maximum absolute atomic E-state index is 12.5. The fraction of sp³-hybridized carbons (Fsp3) is 0.316. The SMILES string of the molecule is CCOC(=O)c1ccc(S(=O)(=O)Nc2ccc([C@H](C)CC)cc2)cc1. The highest BCUT2D eigenvalue weighted by atomic mass is 32.2. The Morgan fingerprint density at radius 1 is 1.04 bits per heavy atom. The first kappa shape index (κ1) is 19.0. The maximum Gasteiger partial charge on any atom is 0.338 e. The van der Waals surface area contributed by atoms with Crippen LogP contribution < -0.4 is 4.72 Å². The van der Waals surface area contributed by atoms with Crippen LogP contribution in [0.4, 0.5) is 5.69 Å². The second-order valence-corrected chi connectivity index (χ2v) is 7.46. The Morgan fingerprint density at radius 3 is 2.16 bits per heavy atom. The fourth-order valence-corrected chi connectivity index (χ4v) is 3.37. The molecule has 0 bridgehead atoms. The van der Waals surface area contributed by atoms with Crippen LogP contribution in [-0.4, -0.2) is 21.0 Å². The second-order valence-electron chi connectivity index (χ2n) is 5.78. The zero-order chi connectivity index (χ0) is 18.4. The predicted octanol–water partition coefficient (Wildman–Crippen LogP) is 4.18. The van der Waals surface area contributed by atoms with Crippen LogP contribution >= 0.6 is 0 Å². The van der Waals surface area contributed by atoms with Crippen molar-refractivity contribution in [2.24, 2.45) is 0 Å². The minimum absolute atomic E-state index is 0.0894. The molecule has 0 heterocycles. The zero-order valence-electron chi connectivity index (χ0n) is 14.7. The molecule has 0 aliphatic heterocycles. The summed E-state index contributed by atoms with van der Waals surface area (Å²) in [6.45, 7) is 6.23. The van der Waals surface area contributed by atoms with Crippen molar-refractivity contribution in [3.8, 4) is 0 Å². The van der Waals surface area contributed by atoms with Gasteiger partial charge in [-0.15, -0.1) is 0 Å². The highest BCUT2D eigenvalue weighted by Gasteiger charge is 2.16. The summed E-state index contributed by atoms with van der Waals surface area (Å²) in [6, 6.07) is 13.0. The van der Waals surface area contributed by atoms with Crippen LogP contribution in [0.25, 0.3) is 0 Å². The molecule has 134 valence electrons. The number of carbonyl (C=O) groups excluding carboxylic acids is 1. The number of rotatable bonds is 7. The molecule has 0 fully saturated rings. The molecule has 6 heteroatoms. The van der Waals surface area contributed by atoms with Gasteiger partial charge in [-0.3, -0.25) is 4.72 Å². The van der Waals surface area contributed by atoms with E-state index < -0.39 is 16.0 Å². The largest absolute Gasteiger partial charge is 0.462 e. The first-order chi connectivity index (χ1) is 11.9. The van der Waals surface area contributed by atoms with Gasteiger partial charge in [0.2, 0.25) is 0 Å². The molecular weight excluding hydrogens is 338 g/mol. The quantitative estimate of drug-likeness (QED) is 0.751. The molecule has 1 atom stereocenters. The van der Waals surface area contributed by atoms with Crippen molar-refractivity contribution in [1.82, 2.24) is 0 Å². The Labute approximate surface area is 149 Å². The first-order valence-electron chi connectivity index (χ1n) is 8.27. The van der Waals surface area contributed by atoms with Crippen LogP contribution in [0.1, 0.15) is 49.0 Å². The maximum atomic E-state index is 12.5. The van der Waals surface area contributed by atoms with Crippen molar-refractivity contribution in [1.29, 1.82) is 0 Å². The third-order valence-electron chi connectivity index (χ3n) is 4.02. The number of benzene rings is 2. The standard InChI is InChI=1S/C19H23NO4S/c1-4-14(3)15-6-10-17(11-7-15)20-25(22,23)18-12-8-16(9-13-18)19(21)24-5-2/h6-14,20H,4-5H2,1-3H3/t14-/m1/s1. The van der Waals surface area contributed by atoms with Gasteiger partial charge in [0.25, 0.3) is 10.0 Å². The number of sulfonamides is 1. The van der Waals surface area contributed by atoms with Gasteiger partial charge < -0.3 is 4.74 Å². The number of nitrogens with one attached hydrogen (secondary N) is 1. The zero-order valence-corrected chi connectivity index (χ0v) is 15.5. The number of hydrogen-bond acceptors (Lipinski definition) is 4. The number of anilines is 1. The van der Waals surface area contributed by atoms with E-state index in [2.05, 4.69) is 18.6 Å². The van der Waals surface area contributed by atoms with Gasteiger partial charge in [0, 0.05) is 5.69 Å². The lowest BCUT2D eigenvalue weighted by atomic mass is 9.99. The van der Waals surface area contributed by atoms with Crippen LogP contribution in [0.15, 0.2) is 53.4 Å². The molecule has 0 radical (unpaired) electrons. The average Bonchev–Trinajstić information content (AvgIpc) is 2.61. The molecule has 2 aromatic rings. The van der Waals surface area contributed by atoms with Crippen molar-refractivity contribution < 1.29 is 17.9 Å². The van der Waals surface area contributed by atoms with Crippen LogP contribution in [0.5, 0.6) is 0 Å². The Balaban J connectivity index is 2.14. The molecule has 0 aromatic heterocycles. The minimum atomic E-state index is -3.71. The van der Waals surface area contributed by atoms with Crippen LogP contribution in [0.2, 0.25) is 0 Å². The van der Waals surface area contributed by atoms with Gasteiger partial charge in [-0.2, -0.15) is 0 Å². The molecule has 0 unspecified atom stereocenters. The lowest BCUT2D eigenvalue weighted by molar-refractivity contribution is 0.0526. The molecule has 25 heavy (non-hydrogen) atoms. The van der Waals surface area contributed by atoms with Crippen molar-refractivity contribution in [3.63, 3.8) is 0 Å². The van der Waals surface area contributed by atoms with Gasteiger partial charge >= 0.3 is 5.97 Å². The van der Waals surface area contributed by atoms with Crippen LogP contribution in [0, 0.1) is 0 Å². The monoisotopic (exact) mass is 361 g/mol. The molecule has 5 nitrogen and oxygen atoms in total. The highest BCUT2D eigenvalue weighted by Crippen LogP contribution is 2.22. The smallest absolute Gasteiger partial charge is 0.338 e. The second kappa shape index (κ2) is 8.16. The number of esters is 1. The molecule has 2 aromatic carbocycles. The molecule has 0 spiro atoms. The Bertz CT molecular complexity index is 812. The predicted molar refractivity (Wildman–Crippen MR) is 98.4 cm³/mol. The van der Waals surface area contributed by atoms with Crippen LogP contribution in [-0.2, 0) is 14.8 Å². The summed E-state index contributed by atoms with van der Waals surface area (Å²) in [5, 5.41) is 0. The summed E-state index contributed by atoms with van der Waals surface area (Å²) in [6.07, 6.45) is 1.03. The summed E-state index contributed by atoms with van der Waals surface area (Å²) in [5.74, 6) is -0.0406. The number of carbonyl (C=O) groups is 1. The Hall–Kier alpha value is -2.34. The Kier molecular flexibility index (Phi) is 6.20. The van der Waals surface area contributed by atoms with Gasteiger partial charge in [-0.25, -0.2) is 13.2 Å². The van der Waals surface area contributed by atoms with E-state index in [9.17, 15) is 13.2 Å². The summed E-state index contributed by atoms with van der Waals surface area (Å²) >= 11 is 0. The van der Waals surface area contributed by atoms with E-state index in [1.807, 2.05) is 12.1 Å². The molecule has 0 aliphatic carbocycles. The van der Waals surface area contributed by atoms with Crippen molar-refractivity contribution in [2.75, 3.05) is 11.3 Å². The molecule has 0 saturated carbocycles. The van der Waals surface area contributed by atoms with E-state index in [-0.39, 0.29) is 11.5 Å². The molecular formula is C19H23NO4S. The third-order valence-corrected chi connectivity index (χ3v) is 5.42. The molecule has 0 aliphatic rings. The van der Waals surface area contributed by atoms with Gasteiger partial charge in [0.05, 0.1) is 17.1 Å². The van der Waals surface area contributed by atoms with E-state index in [1.54, 1.807) is 19.1 Å². The number of ether oxygens (including phenoxy) is 1. The lowest BCUT2D eigenvalue weighted by Crippen LogP contribution is -2.13. The van der Waals surface area contributed by atoms with Gasteiger partial charge in [-0.05, 0) is 61.2 Å². The normalized spacial score (nSPS) is 12.4. The molecule has 0 saturated heterocycles.